The molecule has 4 aliphatic carbocycles. The average Bonchev–Trinajstić information content (AvgIpc) is 3.13. The summed E-state index contributed by atoms with van der Waals surface area (Å²) in [5.41, 5.74) is 0.236. The molecule has 1 amide bonds. The third-order valence-corrected chi connectivity index (χ3v) is 10.9. The summed E-state index contributed by atoms with van der Waals surface area (Å²) in [5.74, 6) is 2.28. The molecule has 4 fully saturated rings. The van der Waals surface area contributed by atoms with Gasteiger partial charge in [-0.3, -0.25) is 4.79 Å². The van der Waals surface area contributed by atoms with Crippen molar-refractivity contribution in [1.82, 2.24) is 5.32 Å². The summed E-state index contributed by atoms with van der Waals surface area (Å²) in [6.07, 6.45) is 11.0. The second-order valence-corrected chi connectivity index (χ2v) is 12.4. The van der Waals surface area contributed by atoms with E-state index in [4.69, 9.17) is 0 Å². The van der Waals surface area contributed by atoms with Crippen molar-refractivity contribution in [3.05, 3.63) is 12.2 Å². The van der Waals surface area contributed by atoms with E-state index in [0.717, 1.165) is 38.5 Å². The molecule has 11 unspecified atom stereocenters. The fourth-order valence-electron chi connectivity index (χ4n) is 9.20. The van der Waals surface area contributed by atoms with E-state index in [1.54, 1.807) is 6.08 Å². The molecule has 0 aromatic heterocycles. The van der Waals surface area contributed by atoms with Crippen LogP contribution in [0.25, 0.3) is 0 Å². The van der Waals surface area contributed by atoms with E-state index >= 15 is 0 Å². The zero-order valence-electron chi connectivity index (χ0n) is 21.2. The van der Waals surface area contributed by atoms with Crippen molar-refractivity contribution >= 4 is 5.91 Å². The predicted octanol–water partition coefficient (Wildman–Crippen LogP) is 4.06. The van der Waals surface area contributed by atoms with Gasteiger partial charge in [-0.2, -0.15) is 0 Å². The molecule has 0 spiro atoms. The summed E-state index contributed by atoms with van der Waals surface area (Å²) >= 11 is 0. The molecule has 0 aromatic rings. The topological polar surface area (TPSA) is 89.8 Å². The van der Waals surface area contributed by atoms with Gasteiger partial charge in [-0.1, -0.05) is 26.8 Å². The van der Waals surface area contributed by atoms with E-state index in [0.29, 0.717) is 36.6 Å². The monoisotopic (exact) mass is 461 g/mol. The number of nitrogens with one attached hydrogen (secondary N) is 1. The lowest BCUT2D eigenvalue weighted by molar-refractivity contribution is -0.223. The van der Waals surface area contributed by atoms with Gasteiger partial charge in [0.05, 0.1) is 18.3 Å². The molecule has 0 aliphatic heterocycles. The first-order valence-electron chi connectivity index (χ1n) is 13.6. The maximum Gasteiger partial charge on any atom is 0.243 e. The number of hydrogen-bond acceptors (Lipinski definition) is 4. The highest BCUT2D eigenvalue weighted by atomic mass is 16.3. The van der Waals surface area contributed by atoms with Crippen LogP contribution < -0.4 is 5.32 Å². The van der Waals surface area contributed by atoms with Crippen molar-refractivity contribution < 1.29 is 20.1 Å². The lowest BCUT2D eigenvalue weighted by Crippen LogP contribution is -2.64. The van der Waals surface area contributed by atoms with Crippen LogP contribution >= 0.6 is 0 Å². The highest BCUT2D eigenvalue weighted by Crippen LogP contribution is 2.68. The maximum absolute atomic E-state index is 11.7. The molecule has 188 valence electrons. The van der Waals surface area contributed by atoms with Crippen LogP contribution in [-0.2, 0) is 4.79 Å². The Labute approximate surface area is 200 Å². The minimum absolute atomic E-state index is 0.00896. The number of amides is 1. The van der Waals surface area contributed by atoms with E-state index in [1.807, 2.05) is 13.0 Å². The molecule has 5 heteroatoms. The minimum Gasteiger partial charge on any atom is -0.393 e. The molecule has 4 rings (SSSR count). The second-order valence-electron chi connectivity index (χ2n) is 12.4. The normalized spacial score (nSPS) is 48.1. The van der Waals surface area contributed by atoms with Crippen LogP contribution in [-0.4, -0.2) is 46.1 Å². The van der Waals surface area contributed by atoms with Gasteiger partial charge in [0.1, 0.15) is 0 Å². The van der Waals surface area contributed by atoms with E-state index in [-0.39, 0.29) is 34.7 Å². The molecule has 11 atom stereocenters. The lowest BCUT2D eigenvalue weighted by Gasteiger charge is -2.63. The number of hydrogen-bond donors (Lipinski definition) is 4. The van der Waals surface area contributed by atoms with Gasteiger partial charge in [-0.15, -0.1) is 0 Å². The molecule has 5 nitrogen and oxygen atoms in total. The second kappa shape index (κ2) is 9.62. The Bertz CT molecular complexity index is 739. The van der Waals surface area contributed by atoms with Gasteiger partial charge >= 0.3 is 0 Å². The molecular formula is C28H47NO4. The van der Waals surface area contributed by atoms with E-state index in [1.165, 1.54) is 12.8 Å². The number of carbonyl (C=O) groups excluding carboxylic acids is 1. The van der Waals surface area contributed by atoms with Gasteiger partial charge in [0.2, 0.25) is 5.91 Å². The molecule has 33 heavy (non-hydrogen) atoms. The number of fused-ring (bicyclic) bond motifs is 5. The zero-order chi connectivity index (χ0) is 24.0. The SMILES string of the molecule is CCNC(=O)C=CCCC(C)C1CCC2C3C(O)C(O)C4CC(O)CCC4(C)C3CCC12C. The van der Waals surface area contributed by atoms with Crippen LogP contribution in [0.5, 0.6) is 0 Å². The van der Waals surface area contributed by atoms with Crippen LogP contribution in [0.4, 0.5) is 0 Å². The third kappa shape index (κ3) is 4.31. The van der Waals surface area contributed by atoms with Crippen LogP contribution in [0.1, 0.15) is 85.5 Å². The van der Waals surface area contributed by atoms with E-state index in [2.05, 4.69) is 26.1 Å². The Hall–Kier alpha value is -0.910. The number of allylic oxidation sites excluding steroid dienone is 1. The van der Waals surface area contributed by atoms with Crippen molar-refractivity contribution in [2.45, 2.75) is 104 Å². The highest BCUT2D eigenvalue weighted by molar-refractivity contribution is 5.87. The van der Waals surface area contributed by atoms with Gasteiger partial charge in [0.15, 0.2) is 0 Å². The minimum atomic E-state index is -0.718. The number of rotatable bonds is 6. The number of carbonyl (C=O) groups is 1. The molecule has 0 radical (unpaired) electrons. The van der Waals surface area contributed by atoms with Crippen LogP contribution in [0.2, 0.25) is 0 Å². The van der Waals surface area contributed by atoms with Gasteiger partial charge in [0.25, 0.3) is 0 Å². The van der Waals surface area contributed by atoms with Crippen LogP contribution in [0.15, 0.2) is 12.2 Å². The van der Waals surface area contributed by atoms with Crippen molar-refractivity contribution in [1.29, 1.82) is 0 Å². The van der Waals surface area contributed by atoms with Crippen molar-refractivity contribution in [2.24, 2.45) is 46.3 Å². The number of aliphatic hydroxyl groups is 3. The molecule has 0 heterocycles. The first-order chi connectivity index (χ1) is 15.6. The van der Waals surface area contributed by atoms with Crippen molar-refractivity contribution in [3.8, 4) is 0 Å². The fourth-order valence-corrected chi connectivity index (χ4v) is 9.20. The van der Waals surface area contributed by atoms with Crippen molar-refractivity contribution in [3.63, 3.8) is 0 Å². The van der Waals surface area contributed by atoms with E-state index in [9.17, 15) is 20.1 Å². The molecule has 0 bridgehead atoms. The van der Waals surface area contributed by atoms with Crippen LogP contribution in [0.3, 0.4) is 0 Å². The first kappa shape index (κ1) is 25.2. The Balaban J connectivity index is 1.47. The largest absolute Gasteiger partial charge is 0.393 e. The Kier molecular flexibility index (Phi) is 7.34. The Morgan fingerprint density at radius 1 is 1.00 bits per heavy atom. The summed E-state index contributed by atoms with van der Waals surface area (Å²) < 4.78 is 0. The van der Waals surface area contributed by atoms with Gasteiger partial charge in [-0.05, 0) is 117 Å². The third-order valence-electron chi connectivity index (χ3n) is 10.9. The molecule has 4 aliphatic rings. The highest BCUT2D eigenvalue weighted by Gasteiger charge is 2.65. The average molecular weight is 462 g/mol. The summed E-state index contributed by atoms with van der Waals surface area (Å²) in [6.45, 7) is 9.76. The summed E-state index contributed by atoms with van der Waals surface area (Å²) in [5, 5.41) is 35.7. The molecule has 4 N–H and O–H groups in total. The van der Waals surface area contributed by atoms with Crippen molar-refractivity contribution in [2.75, 3.05) is 6.54 Å². The number of likely N-dealkylation sites (N-methyl/N-ethyl adjacent to an activating group) is 1. The first-order valence-corrected chi connectivity index (χ1v) is 13.6. The molecular weight excluding hydrogens is 414 g/mol. The number of aliphatic hydroxyl groups excluding tert-OH is 3. The summed E-state index contributed by atoms with van der Waals surface area (Å²) in [4.78, 5) is 11.7. The Morgan fingerprint density at radius 2 is 1.70 bits per heavy atom. The van der Waals surface area contributed by atoms with E-state index < -0.39 is 12.2 Å². The maximum atomic E-state index is 11.7. The van der Waals surface area contributed by atoms with Gasteiger partial charge < -0.3 is 20.6 Å². The predicted molar refractivity (Wildman–Crippen MR) is 130 cm³/mol. The zero-order valence-corrected chi connectivity index (χ0v) is 21.2. The lowest BCUT2D eigenvalue weighted by atomic mass is 9.43. The standard InChI is InChI=1S/C28H47NO4/c1-5-29-23(31)9-7-6-8-17(2)19-10-11-20-24-21(13-15-27(19,20)3)28(4)14-12-18(30)16-22(28)25(32)26(24)33/h7,9,17-22,24-26,30,32-33H,5-6,8,10-16H2,1-4H3,(H,29,31). The van der Waals surface area contributed by atoms with Gasteiger partial charge in [-0.25, -0.2) is 0 Å². The Morgan fingerprint density at radius 3 is 2.42 bits per heavy atom. The summed E-state index contributed by atoms with van der Waals surface area (Å²) in [6, 6.07) is 0. The quantitative estimate of drug-likeness (QED) is 0.449. The summed E-state index contributed by atoms with van der Waals surface area (Å²) in [7, 11) is 0. The fraction of sp³-hybridized carbons (Fsp3) is 0.893. The molecule has 0 saturated heterocycles. The van der Waals surface area contributed by atoms with Gasteiger partial charge in [0, 0.05) is 6.54 Å². The smallest absolute Gasteiger partial charge is 0.243 e. The molecule has 4 saturated carbocycles. The molecule has 0 aromatic carbocycles. The van der Waals surface area contributed by atoms with Crippen LogP contribution in [0, 0.1) is 46.3 Å².